The van der Waals surface area contributed by atoms with Crippen molar-refractivity contribution in [3.63, 3.8) is 0 Å². The number of ether oxygens (including phenoxy) is 1. The minimum atomic E-state index is -1.04. The first-order chi connectivity index (χ1) is 17.0. The van der Waals surface area contributed by atoms with Crippen molar-refractivity contribution in [2.75, 3.05) is 11.5 Å². The molecule has 9 heteroatoms. The number of unbranched alkanes of at least 4 members (excludes halogenated alkanes) is 1. The average Bonchev–Trinajstić information content (AvgIpc) is 3.58. The quantitative estimate of drug-likeness (QED) is 0.151. The molecule has 1 unspecified atom stereocenters. The largest absolute Gasteiger partial charge is 0.507 e. The Hall–Kier alpha value is -3.98. The number of carbonyl (C=O) groups excluding carboxylic acids is 2. The molecule has 0 radical (unpaired) electrons. The van der Waals surface area contributed by atoms with E-state index in [0.29, 0.717) is 28.1 Å². The number of furan rings is 1. The lowest BCUT2D eigenvalue weighted by molar-refractivity contribution is -0.132. The standard InChI is InChI=1S/C26H21FN2O5S/c1-2-3-11-33-17-7-4-6-15(13-17)23(30)21-22(19-8-5-12-34-19)29(25(32)24(21)31)26-28-18-10-9-16(27)14-20(18)35-26/h4-10,12-14,22,30H,2-3,11H2,1H3. The van der Waals surface area contributed by atoms with Crippen LogP contribution in [0.25, 0.3) is 16.0 Å². The molecule has 0 bridgehead atoms. The summed E-state index contributed by atoms with van der Waals surface area (Å²) in [6.45, 7) is 2.58. The summed E-state index contributed by atoms with van der Waals surface area (Å²) in [5.74, 6) is -1.68. The highest BCUT2D eigenvalue weighted by Crippen LogP contribution is 2.44. The van der Waals surface area contributed by atoms with Gasteiger partial charge in [-0.1, -0.05) is 36.8 Å². The number of benzene rings is 2. The lowest BCUT2D eigenvalue weighted by atomic mass is 9.99. The maximum Gasteiger partial charge on any atom is 0.302 e. The lowest BCUT2D eigenvalue weighted by Crippen LogP contribution is -2.29. The highest BCUT2D eigenvalue weighted by Gasteiger charge is 2.49. The number of thiazole rings is 1. The predicted molar refractivity (Wildman–Crippen MR) is 130 cm³/mol. The molecule has 0 aliphatic carbocycles. The number of anilines is 1. The van der Waals surface area contributed by atoms with Gasteiger partial charge in [0.1, 0.15) is 29.1 Å². The Labute approximate surface area is 204 Å². The van der Waals surface area contributed by atoms with Gasteiger partial charge in [-0.3, -0.25) is 14.5 Å². The van der Waals surface area contributed by atoms with Crippen molar-refractivity contribution in [1.29, 1.82) is 0 Å². The molecule has 1 aliphatic rings. The topological polar surface area (TPSA) is 92.9 Å². The van der Waals surface area contributed by atoms with Gasteiger partial charge in [-0.25, -0.2) is 9.37 Å². The number of rotatable bonds is 7. The second-order valence-electron chi connectivity index (χ2n) is 8.02. The third kappa shape index (κ3) is 4.19. The molecule has 2 aromatic carbocycles. The molecule has 1 saturated heterocycles. The molecule has 2 aromatic heterocycles. The molecular weight excluding hydrogens is 471 g/mol. The Morgan fingerprint density at radius 3 is 2.83 bits per heavy atom. The first-order valence-electron chi connectivity index (χ1n) is 11.1. The maximum absolute atomic E-state index is 13.7. The van der Waals surface area contributed by atoms with Crippen LogP contribution in [0.2, 0.25) is 0 Å². The summed E-state index contributed by atoms with van der Waals surface area (Å²) >= 11 is 1.07. The Kier molecular flexibility index (Phi) is 6.08. The molecule has 1 aliphatic heterocycles. The second kappa shape index (κ2) is 9.34. The van der Waals surface area contributed by atoms with Crippen LogP contribution >= 0.6 is 11.3 Å². The SMILES string of the molecule is CCCCOc1cccc(C(O)=C2C(=O)C(=O)N(c3nc4ccc(F)cc4s3)C2c2ccco2)c1. The minimum Gasteiger partial charge on any atom is -0.507 e. The number of nitrogens with zero attached hydrogens (tertiary/aromatic N) is 2. The van der Waals surface area contributed by atoms with Gasteiger partial charge in [0, 0.05) is 5.56 Å². The van der Waals surface area contributed by atoms with Gasteiger partial charge in [-0.05, 0) is 48.9 Å². The molecule has 7 nitrogen and oxygen atoms in total. The lowest BCUT2D eigenvalue weighted by Gasteiger charge is -2.20. The first kappa shape index (κ1) is 22.8. The van der Waals surface area contributed by atoms with Crippen LogP contribution in [0.3, 0.4) is 0 Å². The number of hydrogen-bond acceptors (Lipinski definition) is 7. The van der Waals surface area contributed by atoms with Crippen molar-refractivity contribution in [3.8, 4) is 5.75 Å². The number of fused-ring (bicyclic) bond motifs is 1. The van der Waals surface area contributed by atoms with E-state index in [4.69, 9.17) is 9.15 Å². The van der Waals surface area contributed by atoms with E-state index in [2.05, 4.69) is 11.9 Å². The minimum absolute atomic E-state index is 0.124. The van der Waals surface area contributed by atoms with E-state index >= 15 is 0 Å². The van der Waals surface area contributed by atoms with Crippen LogP contribution < -0.4 is 9.64 Å². The summed E-state index contributed by atoms with van der Waals surface area (Å²) < 4.78 is 25.5. The van der Waals surface area contributed by atoms with Gasteiger partial charge >= 0.3 is 5.91 Å². The molecule has 0 spiro atoms. The number of amides is 1. The number of halogens is 1. The van der Waals surface area contributed by atoms with Crippen molar-refractivity contribution < 1.29 is 28.2 Å². The Bertz CT molecular complexity index is 1440. The van der Waals surface area contributed by atoms with Gasteiger partial charge in [0.2, 0.25) is 0 Å². The van der Waals surface area contributed by atoms with Crippen LogP contribution in [0.15, 0.2) is 70.9 Å². The summed E-state index contributed by atoms with van der Waals surface area (Å²) in [6.07, 6.45) is 3.28. The predicted octanol–water partition coefficient (Wildman–Crippen LogP) is 5.83. The fraction of sp³-hybridized carbons (Fsp3) is 0.192. The van der Waals surface area contributed by atoms with E-state index in [-0.39, 0.29) is 22.2 Å². The molecular formula is C26H21FN2O5S. The molecule has 1 fully saturated rings. The summed E-state index contributed by atoms with van der Waals surface area (Å²) in [6, 6.07) is 13.0. The number of ketones is 1. The number of hydrogen-bond donors (Lipinski definition) is 1. The average molecular weight is 493 g/mol. The third-order valence-electron chi connectivity index (χ3n) is 5.68. The third-order valence-corrected chi connectivity index (χ3v) is 6.69. The van der Waals surface area contributed by atoms with Crippen LogP contribution in [0.1, 0.15) is 37.1 Å². The van der Waals surface area contributed by atoms with Crippen molar-refractivity contribution in [3.05, 3.63) is 83.6 Å². The molecule has 1 amide bonds. The fourth-order valence-corrected chi connectivity index (χ4v) is 4.98. The zero-order valence-electron chi connectivity index (χ0n) is 18.7. The smallest absolute Gasteiger partial charge is 0.302 e. The summed E-state index contributed by atoms with van der Waals surface area (Å²) in [7, 11) is 0. The summed E-state index contributed by atoms with van der Waals surface area (Å²) in [5, 5.41) is 11.4. The molecule has 5 rings (SSSR count). The molecule has 3 heterocycles. The number of aliphatic hydroxyl groups excluding tert-OH is 1. The summed E-state index contributed by atoms with van der Waals surface area (Å²) in [4.78, 5) is 32.0. The highest BCUT2D eigenvalue weighted by molar-refractivity contribution is 7.22. The van der Waals surface area contributed by atoms with Crippen LogP contribution in [-0.2, 0) is 9.59 Å². The van der Waals surface area contributed by atoms with E-state index in [1.165, 1.54) is 29.4 Å². The van der Waals surface area contributed by atoms with E-state index in [9.17, 15) is 19.1 Å². The van der Waals surface area contributed by atoms with E-state index in [0.717, 1.165) is 24.2 Å². The molecule has 35 heavy (non-hydrogen) atoms. The number of Topliss-reactive ketones (excluding diaryl/α,β-unsaturated/α-hetero) is 1. The maximum atomic E-state index is 13.7. The van der Waals surface area contributed by atoms with Gasteiger partial charge in [-0.2, -0.15) is 0 Å². The van der Waals surface area contributed by atoms with Gasteiger partial charge < -0.3 is 14.3 Å². The van der Waals surface area contributed by atoms with Crippen LogP contribution in [0.4, 0.5) is 9.52 Å². The van der Waals surface area contributed by atoms with Gasteiger partial charge in [0.25, 0.3) is 5.78 Å². The van der Waals surface area contributed by atoms with Crippen molar-refractivity contribution >= 4 is 44.1 Å². The van der Waals surface area contributed by atoms with Crippen molar-refractivity contribution in [2.45, 2.75) is 25.8 Å². The van der Waals surface area contributed by atoms with Crippen molar-refractivity contribution in [1.82, 2.24) is 4.98 Å². The molecule has 0 saturated carbocycles. The zero-order chi connectivity index (χ0) is 24.5. The van der Waals surface area contributed by atoms with E-state index in [1.807, 2.05) is 0 Å². The Morgan fingerprint density at radius 1 is 1.20 bits per heavy atom. The number of carbonyl (C=O) groups is 2. The molecule has 1 N–H and O–H groups in total. The first-order valence-corrected chi connectivity index (χ1v) is 11.9. The monoisotopic (exact) mass is 492 g/mol. The molecule has 4 aromatic rings. The zero-order valence-corrected chi connectivity index (χ0v) is 19.5. The second-order valence-corrected chi connectivity index (χ2v) is 9.03. The Balaban J connectivity index is 1.61. The fourth-order valence-electron chi connectivity index (χ4n) is 3.96. The number of aromatic nitrogens is 1. The van der Waals surface area contributed by atoms with E-state index < -0.39 is 23.5 Å². The van der Waals surface area contributed by atoms with Crippen molar-refractivity contribution in [2.24, 2.45) is 0 Å². The number of aliphatic hydroxyl groups is 1. The molecule has 1 atom stereocenters. The van der Waals surface area contributed by atoms with Gasteiger partial charge in [-0.15, -0.1) is 0 Å². The summed E-state index contributed by atoms with van der Waals surface area (Å²) in [5.41, 5.74) is 0.699. The normalized spacial score (nSPS) is 17.4. The van der Waals surface area contributed by atoms with E-state index in [1.54, 1.807) is 36.4 Å². The highest BCUT2D eigenvalue weighted by atomic mass is 32.1. The van der Waals surface area contributed by atoms with Crippen LogP contribution in [-0.4, -0.2) is 28.4 Å². The van der Waals surface area contributed by atoms with Gasteiger partial charge in [0.05, 0.1) is 28.7 Å². The van der Waals surface area contributed by atoms with Gasteiger partial charge in [0.15, 0.2) is 5.13 Å². The van der Waals surface area contributed by atoms with Crippen LogP contribution in [0.5, 0.6) is 5.75 Å². The Morgan fingerprint density at radius 2 is 2.06 bits per heavy atom. The molecule has 178 valence electrons. The van der Waals surface area contributed by atoms with Crippen LogP contribution in [0, 0.1) is 5.82 Å².